The molecule has 49 heavy (non-hydrogen) atoms. The van der Waals surface area contributed by atoms with E-state index in [9.17, 15) is 0 Å². The van der Waals surface area contributed by atoms with Crippen molar-refractivity contribution in [3.05, 3.63) is 175 Å². The lowest BCUT2D eigenvalue weighted by atomic mass is 9.80. The Morgan fingerprint density at radius 3 is 2.18 bits per heavy atom. The Morgan fingerprint density at radius 1 is 0.673 bits per heavy atom. The zero-order valence-corrected chi connectivity index (χ0v) is 27.9. The second kappa shape index (κ2) is 11.0. The van der Waals surface area contributed by atoms with Crippen molar-refractivity contribution in [1.82, 2.24) is 4.57 Å². The van der Waals surface area contributed by atoms with Crippen LogP contribution in [0.15, 0.2) is 168 Å². The fourth-order valence-corrected chi connectivity index (χ4v) is 8.25. The molecule has 0 saturated heterocycles. The van der Waals surface area contributed by atoms with Crippen LogP contribution in [0.25, 0.3) is 55.0 Å². The number of anilines is 3. The standard InChI is InChI=1S/C46H36N2O/c1-5-16-37-32(6-2)35-21-14-25-41(45(35)46(37,3)4)48(31-27-28-34-33-19-11-13-26-42(33)49-43(34)29-31)40-24-15-23-39-44(40)36-20-10-12-22-38(36)47(39)30-17-8-7-9-18-30/h5-29H,1H2,2-4H3/b32-6-,37-16+. The van der Waals surface area contributed by atoms with E-state index < -0.39 is 0 Å². The van der Waals surface area contributed by atoms with Crippen molar-refractivity contribution in [2.75, 3.05) is 4.90 Å². The summed E-state index contributed by atoms with van der Waals surface area (Å²) in [5.74, 6) is 0. The maximum absolute atomic E-state index is 6.49. The molecule has 0 radical (unpaired) electrons. The van der Waals surface area contributed by atoms with Crippen molar-refractivity contribution < 1.29 is 4.42 Å². The Kier molecular flexibility index (Phi) is 6.53. The van der Waals surface area contributed by atoms with Crippen molar-refractivity contribution in [2.24, 2.45) is 0 Å². The highest BCUT2D eigenvalue weighted by atomic mass is 16.3. The predicted octanol–water partition coefficient (Wildman–Crippen LogP) is 13.0. The van der Waals surface area contributed by atoms with Crippen molar-refractivity contribution in [3.8, 4) is 5.69 Å². The number of hydrogen-bond donors (Lipinski definition) is 0. The predicted molar refractivity (Wildman–Crippen MR) is 208 cm³/mol. The first-order valence-electron chi connectivity index (χ1n) is 16.9. The molecule has 236 valence electrons. The fraction of sp³-hybridized carbons (Fsp3) is 0.0870. The second-order valence-electron chi connectivity index (χ2n) is 13.3. The van der Waals surface area contributed by atoms with Crippen LogP contribution in [0.5, 0.6) is 0 Å². The van der Waals surface area contributed by atoms with E-state index in [4.69, 9.17) is 4.42 Å². The Hall–Kier alpha value is -6.06. The first-order valence-corrected chi connectivity index (χ1v) is 16.9. The van der Waals surface area contributed by atoms with E-state index in [1.165, 1.54) is 38.6 Å². The average Bonchev–Trinajstić information content (AvgIpc) is 3.74. The van der Waals surface area contributed by atoms with Crippen LogP contribution in [0.2, 0.25) is 0 Å². The number of aromatic nitrogens is 1. The second-order valence-corrected chi connectivity index (χ2v) is 13.3. The third-order valence-electron chi connectivity index (χ3n) is 10.3. The SMILES string of the molecule is C=C/C=C1\C(=C/C)c2cccc(N(c3ccc4c(c3)oc3ccccc34)c3cccc4c3c3ccccc3n4-c3ccccc3)c2C1(C)C. The van der Waals surface area contributed by atoms with Crippen molar-refractivity contribution in [2.45, 2.75) is 26.2 Å². The minimum atomic E-state index is -0.268. The van der Waals surface area contributed by atoms with Crippen LogP contribution in [-0.2, 0) is 5.41 Å². The Balaban J connectivity index is 1.40. The highest BCUT2D eigenvalue weighted by Gasteiger charge is 2.41. The molecule has 3 nitrogen and oxygen atoms in total. The number of allylic oxidation sites excluding steroid dienone is 5. The van der Waals surface area contributed by atoms with Gasteiger partial charge in [-0.15, -0.1) is 0 Å². The number of fused-ring (bicyclic) bond motifs is 7. The molecule has 0 N–H and O–H groups in total. The number of para-hydroxylation sites is 3. The monoisotopic (exact) mass is 632 g/mol. The summed E-state index contributed by atoms with van der Waals surface area (Å²) in [5, 5.41) is 4.65. The molecule has 6 aromatic carbocycles. The van der Waals surface area contributed by atoms with Crippen LogP contribution in [0.4, 0.5) is 17.1 Å². The van der Waals surface area contributed by atoms with Gasteiger partial charge in [-0.25, -0.2) is 0 Å². The topological polar surface area (TPSA) is 21.3 Å². The maximum Gasteiger partial charge on any atom is 0.137 e. The molecule has 0 spiro atoms. The maximum atomic E-state index is 6.49. The van der Waals surface area contributed by atoms with Crippen LogP contribution < -0.4 is 4.90 Å². The number of hydrogen-bond acceptors (Lipinski definition) is 2. The molecule has 9 rings (SSSR count). The molecular weight excluding hydrogens is 597 g/mol. The van der Waals surface area contributed by atoms with E-state index in [0.717, 1.165) is 50.2 Å². The molecule has 1 aliphatic carbocycles. The summed E-state index contributed by atoms with van der Waals surface area (Å²) in [7, 11) is 0. The van der Waals surface area contributed by atoms with Gasteiger partial charge in [-0.3, -0.25) is 0 Å². The number of benzene rings is 6. The lowest BCUT2D eigenvalue weighted by molar-refractivity contribution is 0.661. The molecule has 0 saturated carbocycles. The lowest BCUT2D eigenvalue weighted by Crippen LogP contribution is -2.20. The summed E-state index contributed by atoms with van der Waals surface area (Å²) in [5.41, 5.74) is 13.4. The van der Waals surface area contributed by atoms with E-state index in [1.54, 1.807) is 0 Å². The number of furan rings is 1. The van der Waals surface area contributed by atoms with Gasteiger partial charge in [-0.05, 0) is 83.8 Å². The number of rotatable bonds is 5. The summed E-state index contributed by atoms with van der Waals surface area (Å²) in [6.07, 6.45) is 6.34. The van der Waals surface area contributed by atoms with Gasteiger partial charge in [0.1, 0.15) is 11.2 Å². The highest BCUT2D eigenvalue weighted by Crippen LogP contribution is 2.56. The largest absolute Gasteiger partial charge is 0.456 e. The Labute approximate surface area is 286 Å². The highest BCUT2D eigenvalue weighted by molar-refractivity contribution is 6.17. The molecule has 2 aromatic heterocycles. The molecule has 0 fully saturated rings. The van der Waals surface area contributed by atoms with Gasteiger partial charge >= 0.3 is 0 Å². The zero-order chi connectivity index (χ0) is 33.3. The van der Waals surface area contributed by atoms with Crippen LogP contribution in [0, 0.1) is 0 Å². The average molecular weight is 633 g/mol. The minimum absolute atomic E-state index is 0.268. The Bertz CT molecular complexity index is 2660. The molecule has 0 aliphatic heterocycles. The number of nitrogens with zero attached hydrogens (tertiary/aromatic N) is 2. The fourth-order valence-electron chi connectivity index (χ4n) is 8.25. The zero-order valence-electron chi connectivity index (χ0n) is 27.9. The summed E-state index contributed by atoms with van der Waals surface area (Å²) >= 11 is 0. The molecule has 0 bridgehead atoms. The molecule has 0 amide bonds. The molecular formula is C46H36N2O. The molecule has 1 aliphatic rings. The third kappa shape index (κ3) is 4.22. The van der Waals surface area contributed by atoms with Gasteiger partial charge in [0.25, 0.3) is 0 Å². The van der Waals surface area contributed by atoms with Crippen molar-refractivity contribution in [1.29, 1.82) is 0 Å². The summed E-state index contributed by atoms with van der Waals surface area (Å²) < 4.78 is 8.88. The van der Waals surface area contributed by atoms with Crippen molar-refractivity contribution in [3.63, 3.8) is 0 Å². The van der Waals surface area contributed by atoms with Gasteiger partial charge in [-0.2, -0.15) is 0 Å². The van der Waals surface area contributed by atoms with Crippen LogP contribution in [0.3, 0.4) is 0 Å². The lowest BCUT2D eigenvalue weighted by Gasteiger charge is -2.32. The van der Waals surface area contributed by atoms with E-state index in [1.807, 2.05) is 18.2 Å². The van der Waals surface area contributed by atoms with E-state index >= 15 is 0 Å². The van der Waals surface area contributed by atoms with Crippen LogP contribution in [0.1, 0.15) is 31.9 Å². The smallest absolute Gasteiger partial charge is 0.137 e. The molecule has 0 unspecified atom stereocenters. The Morgan fingerprint density at radius 2 is 1.37 bits per heavy atom. The van der Waals surface area contributed by atoms with Gasteiger partial charge in [0.05, 0.1) is 22.4 Å². The van der Waals surface area contributed by atoms with E-state index in [-0.39, 0.29) is 5.41 Å². The van der Waals surface area contributed by atoms with Gasteiger partial charge in [0.2, 0.25) is 0 Å². The quantitative estimate of drug-likeness (QED) is 0.188. The minimum Gasteiger partial charge on any atom is -0.456 e. The summed E-state index contributed by atoms with van der Waals surface area (Å²) in [6, 6.07) is 47.8. The van der Waals surface area contributed by atoms with Gasteiger partial charge in [0.15, 0.2) is 0 Å². The first kappa shape index (κ1) is 29.1. The van der Waals surface area contributed by atoms with E-state index in [0.29, 0.717) is 0 Å². The van der Waals surface area contributed by atoms with Gasteiger partial charge < -0.3 is 13.9 Å². The van der Waals surface area contributed by atoms with Crippen molar-refractivity contribution >= 4 is 66.4 Å². The molecule has 0 atom stereocenters. The summed E-state index contributed by atoms with van der Waals surface area (Å²) in [6.45, 7) is 10.9. The van der Waals surface area contributed by atoms with Crippen LogP contribution in [-0.4, -0.2) is 4.57 Å². The van der Waals surface area contributed by atoms with Gasteiger partial charge in [-0.1, -0.05) is 111 Å². The van der Waals surface area contributed by atoms with Gasteiger partial charge in [0, 0.05) is 44.4 Å². The molecule has 2 heterocycles. The third-order valence-corrected chi connectivity index (χ3v) is 10.3. The molecule has 3 heteroatoms. The molecule has 8 aromatic rings. The first-order chi connectivity index (χ1) is 24.0. The normalized spacial score (nSPS) is 15.6. The van der Waals surface area contributed by atoms with Crippen LogP contribution >= 0.6 is 0 Å². The van der Waals surface area contributed by atoms with E-state index in [2.05, 4.69) is 170 Å². The summed E-state index contributed by atoms with van der Waals surface area (Å²) in [4.78, 5) is 2.46.